The van der Waals surface area contributed by atoms with Crippen LogP contribution >= 0.6 is 11.6 Å². The second kappa shape index (κ2) is 4.28. The van der Waals surface area contributed by atoms with E-state index < -0.39 is 15.3 Å². The van der Waals surface area contributed by atoms with Crippen molar-refractivity contribution < 1.29 is 13.5 Å². The summed E-state index contributed by atoms with van der Waals surface area (Å²) in [7, 11) is -3.39. The SMILES string of the molecule is CC(C)S(=O)(=O)Nc1ccc(Cl)c(O)c1. The highest BCUT2D eigenvalue weighted by atomic mass is 35.5. The zero-order valence-electron chi connectivity index (χ0n) is 8.36. The first-order chi connectivity index (χ1) is 6.83. The molecule has 0 aliphatic heterocycles. The Balaban J connectivity index is 2.96. The lowest BCUT2D eigenvalue weighted by Gasteiger charge is -2.10. The number of phenols is 1. The topological polar surface area (TPSA) is 66.4 Å². The highest BCUT2D eigenvalue weighted by molar-refractivity contribution is 7.93. The van der Waals surface area contributed by atoms with Crippen molar-refractivity contribution in [3.8, 4) is 5.75 Å². The molecule has 0 aliphatic rings. The molecule has 0 bridgehead atoms. The number of aromatic hydroxyl groups is 1. The number of nitrogens with one attached hydrogen (secondary N) is 1. The molecule has 1 aromatic rings. The average Bonchev–Trinajstić information content (AvgIpc) is 2.10. The molecule has 0 aromatic heterocycles. The molecule has 0 fully saturated rings. The standard InChI is InChI=1S/C9H12ClNO3S/c1-6(2)15(13,14)11-7-3-4-8(10)9(12)5-7/h3-6,11-12H,1-2H3. The molecule has 4 nitrogen and oxygen atoms in total. The van der Waals surface area contributed by atoms with Crippen LogP contribution in [-0.2, 0) is 10.0 Å². The van der Waals surface area contributed by atoms with E-state index in [4.69, 9.17) is 11.6 Å². The van der Waals surface area contributed by atoms with Gasteiger partial charge in [0.2, 0.25) is 10.0 Å². The maximum absolute atomic E-state index is 11.5. The summed E-state index contributed by atoms with van der Waals surface area (Å²) < 4.78 is 25.3. The third-order valence-corrected chi connectivity index (χ3v) is 3.91. The summed E-state index contributed by atoms with van der Waals surface area (Å²) in [5, 5.41) is 8.92. The van der Waals surface area contributed by atoms with E-state index in [0.717, 1.165) is 0 Å². The highest BCUT2D eigenvalue weighted by Gasteiger charge is 2.15. The van der Waals surface area contributed by atoms with Crippen LogP contribution in [0.15, 0.2) is 18.2 Å². The van der Waals surface area contributed by atoms with Crippen molar-refractivity contribution in [2.45, 2.75) is 19.1 Å². The maximum atomic E-state index is 11.5. The van der Waals surface area contributed by atoms with E-state index in [1.165, 1.54) is 18.2 Å². The fourth-order valence-corrected chi connectivity index (χ4v) is 1.67. The van der Waals surface area contributed by atoms with Crippen molar-refractivity contribution in [2.75, 3.05) is 4.72 Å². The predicted molar refractivity (Wildman–Crippen MR) is 60.8 cm³/mol. The van der Waals surface area contributed by atoms with Crippen LogP contribution in [0.1, 0.15) is 13.8 Å². The van der Waals surface area contributed by atoms with Crippen molar-refractivity contribution in [3.05, 3.63) is 23.2 Å². The van der Waals surface area contributed by atoms with Crippen LogP contribution in [-0.4, -0.2) is 18.8 Å². The Kier molecular flexibility index (Phi) is 3.46. The highest BCUT2D eigenvalue weighted by Crippen LogP contribution is 2.26. The molecule has 0 saturated heterocycles. The minimum Gasteiger partial charge on any atom is -0.506 e. The van der Waals surface area contributed by atoms with E-state index in [2.05, 4.69) is 4.72 Å². The Morgan fingerprint density at radius 2 is 2.00 bits per heavy atom. The number of hydrogen-bond donors (Lipinski definition) is 2. The molecule has 2 N–H and O–H groups in total. The van der Waals surface area contributed by atoms with Crippen LogP contribution in [0, 0.1) is 0 Å². The molecule has 0 heterocycles. The van der Waals surface area contributed by atoms with E-state index in [-0.39, 0.29) is 10.8 Å². The Morgan fingerprint density at radius 3 is 2.47 bits per heavy atom. The van der Waals surface area contributed by atoms with E-state index >= 15 is 0 Å². The monoisotopic (exact) mass is 249 g/mol. The van der Waals surface area contributed by atoms with Crippen molar-refractivity contribution >= 4 is 27.3 Å². The normalized spacial score (nSPS) is 11.7. The first-order valence-electron chi connectivity index (χ1n) is 4.33. The number of phenolic OH excluding ortho intramolecular Hbond substituents is 1. The zero-order valence-corrected chi connectivity index (χ0v) is 9.93. The fraction of sp³-hybridized carbons (Fsp3) is 0.333. The minimum absolute atomic E-state index is 0.152. The molecule has 0 unspecified atom stereocenters. The molecular formula is C9H12ClNO3S. The van der Waals surface area contributed by atoms with Gasteiger partial charge in [0.05, 0.1) is 16.0 Å². The van der Waals surface area contributed by atoms with Gasteiger partial charge in [0.15, 0.2) is 0 Å². The van der Waals surface area contributed by atoms with E-state index in [1.54, 1.807) is 13.8 Å². The second-order valence-electron chi connectivity index (χ2n) is 3.36. The molecule has 15 heavy (non-hydrogen) atoms. The lowest BCUT2D eigenvalue weighted by Crippen LogP contribution is -2.22. The Hall–Kier alpha value is -0.940. The Bertz CT molecular complexity index is 456. The van der Waals surface area contributed by atoms with Crippen LogP contribution in [0.25, 0.3) is 0 Å². The van der Waals surface area contributed by atoms with Crippen LogP contribution in [0.4, 0.5) is 5.69 Å². The van der Waals surface area contributed by atoms with Gasteiger partial charge >= 0.3 is 0 Å². The summed E-state index contributed by atoms with van der Waals surface area (Å²) in [6.07, 6.45) is 0. The van der Waals surface area contributed by atoms with Gasteiger partial charge in [-0.15, -0.1) is 0 Å². The summed E-state index contributed by atoms with van der Waals surface area (Å²) in [5.74, 6) is -0.152. The van der Waals surface area contributed by atoms with Crippen molar-refractivity contribution in [2.24, 2.45) is 0 Å². The van der Waals surface area contributed by atoms with Crippen molar-refractivity contribution in [3.63, 3.8) is 0 Å². The molecule has 0 radical (unpaired) electrons. The quantitative estimate of drug-likeness (QED) is 0.863. The predicted octanol–water partition coefficient (Wildman–Crippen LogP) is 2.20. The molecule has 0 amide bonds. The van der Waals surface area contributed by atoms with Gasteiger partial charge in [-0.25, -0.2) is 8.42 Å². The lowest BCUT2D eigenvalue weighted by molar-refractivity contribution is 0.476. The third-order valence-electron chi connectivity index (χ3n) is 1.83. The van der Waals surface area contributed by atoms with Crippen LogP contribution in [0.2, 0.25) is 5.02 Å². The number of anilines is 1. The first kappa shape index (κ1) is 12.1. The molecular weight excluding hydrogens is 238 g/mol. The van der Waals surface area contributed by atoms with E-state index in [9.17, 15) is 13.5 Å². The third kappa shape index (κ3) is 3.00. The molecule has 0 spiro atoms. The molecule has 0 atom stereocenters. The number of benzene rings is 1. The van der Waals surface area contributed by atoms with Crippen LogP contribution in [0.5, 0.6) is 5.75 Å². The summed E-state index contributed by atoms with van der Waals surface area (Å²) in [5.41, 5.74) is 0.297. The first-order valence-corrected chi connectivity index (χ1v) is 6.25. The number of sulfonamides is 1. The summed E-state index contributed by atoms with van der Waals surface area (Å²) in [6.45, 7) is 3.14. The second-order valence-corrected chi connectivity index (χ2v) is 6.01. The van der Waals surface area contributed by atoms with Gasteiger partial charge in [0.1, 0.15) is 5.75 Å². The Labute approximate surface area is 93.9 Å². The van der Waals surface area contributed by atoms with Crippen LogP contribution < -0.4 is 4.72 Å². The fourth-order valence-electron chi connectivity index (χ4n) is 0.858. The van der Waals surface area contributed by atoms with Gasteiger partial charge < -0.3 is 5.11 Å². The van der Waals surface area contributed by atoms with Gasteiger partial charge in [-0.3, -0.25) is 4.72 Å². The smallest absolute Gasteiger partial charge is 0.235 e. The molecule has 1 rings (SSSR count). The summed E-state index contributed by atoms with van der Waals surface area (Å²) in [4.78, 5) is 0. The minimum atomic E-state index is -3.39. The summed E-state index contributed by atoms with van der Waals surface area (Å²) >= 11 is 5.59. The largest absolute Gasteiger partial charge is 0.506 e. The van der Waals surface area contributed by atoms with Gasteiger partial charge in [-0.05, 0) is 26.0 Å². The zero-order chi connectivity index (χ0) is 11.6. The molecule has 1 aromatic carbocycles. The maximum Gasteiger partial charge on any atom is 0.235 e. The average molecular weight is 250 g/mol. The van der Waals surface area contributed by atoms with E-state index in [0.29, 0.717) is 5.69 Å². The number of halogens is 1. The van der Waals surface area contributed by atoms with Crippen LogP contribution in [0.3, 0.4) is 0 Å². The van der Waals surface area contributed by atoms with Gasteiger partial charge in [-0.2, -0.15) is 0 Å². The van der Waals surface area contributed by atoms with Gasteiger partial charge in [-0.1, -0.05) is 11.6 Å². The molecule has 6 heteroatoms. The molecule has 0 aliphatic carbocycles. The van der Waals surface area contributed by atoms with E-state index in [1.807, 2.05) is 0 Å². The van der Waals surface area contributed by atoms with Gasteiger partial charge in [0, 0.05) is 6.07 Å². The lowest BCUT2D eigenvalue weighted by atomic mass is 10.3. The summed E-state index contributed by atoms with van der Waals surface area (Å²) in [6, 6.07) is 4.18. The molecule has 84 valence electrons. The van der Waals surface area contributed by atoms with Crippen molar-refractivity contribution in [1.29, 1.82) is 0 Å². The van der Waals surface area contributed by atoms with Gasteiger partial charge in [0.25, 0.3) is 0 Å². The molecule has 0 saturated carbocycles. The number of hydrogen-bond acceptors (Lipinski definition) is 3. The number of rotatable bonds is 3. The van der Waals surface area contributed by atoms with Crippen molar-refractivity contribution in [1.82, 2.24) is 0 Å². The Morgan fingerprint density at radius 1 is 1.40 bits per heavy atom.